The Balaban J connectivity index is 1.94. The van der Waals surface area contributed by atoms with Crippen molar-refractivity contribution in [2.45, 2.75) is 13.5 Å². The van der Waals surface area contributed by atoms with Crippen molar-refractivity contribution in [2.75, 3.05) is 7.11 Å². The van der Waals surface area contributed by atoms with Gasteiger partial charge in [0, 0.05) is 11.8 Å². The number of methoxy groups -OCH3 is 1. The molecule has 0 saturated heterocycles. The molecule has 116 valence electrons. The van der Waals surface area contributed by atoms with Gasteiger partial charge in [-0.1, -0.05) is 24.3 Å². The van der Waals surface area contributed by atoms with Crippen molar-refractivity contribution in [3.05, 3.63) is 71.4 Å². The minimum absolute atomic E-state index is 0.587. The Hall–Kier alpha value is -2.88. The molecule has 23 heavy (non-hydrogen) atoms. The predicted octanol–water partition coefficient (Wildman–Crippen LogP) is 3.73. The average Bonchev–Trinajstić information content (AvgIpc) is 3.00. The number of carbonyl (C=O) groups excluding carboxylic acids is 1. The van der Waals surface area contributed by atoms with E-state index in [2.05, 4.69) is 24.2 Å². The zero-order valence-corrected chi connectivity index (χ0v) is 13.2. The van der Waals surface area contributed by atoms with E-state index in [1.807, 2.05) is 41.1 Å². The summed E-state index contributed by atoms with van der Waals surface area (Å²) in [5, 5.41) is 4.59. The SMILES string of the molecule is COc1ccc(-c2nn(Cc3ccccc3C)cc2C=O)cc1. The molecule has 4 nitrogen and oxygen atoms in total. The second kappa shape index (κ2) is 6.48. The molecule has 0 aliphatic rings. The molecule has 1 heterocycles. The number of hydrogen-bond donors (Lipinski definition) is 0. The molecule has 4 heteroatoms. The molecule has 0 atom stereocenters. The molecule has 0 fully saturated rings. The monoisotopic (exact) mass is 306 g/mol. The highest BCUT2D eigenvalue weighted by Gasteiger charge is 2.11. The molecule has 0 bridgehead atoms. The Bertz CT molecular complexity index is 820. The van der Waals surface area contributed by atoms with Gasteiger partial charge in [-0.25, -0.2) is 0 Å². The van der Waals surface area contributed by atoms with Crippen molar-refractivity contribution in [1.29, 1.82) is 0 Å². The van der Waals surface area contributed by atoms with E-state index in [4.69, 9.17) is 4.74 Å². The van der Waals surface area contributed by atoms with Crippen LogP contribution >= 0.6 is 0 Å². The van der Waals surface area contributed by atoms with E-state index in [9.17, 15) is 4.79 Å². The summed E-state index contributed by atoms with van der Waals surface area (Å²) in [7, 11) is 1.63. The fraction of sp³-hybridized carbons (Fsp3) is 0.158. The second-order valence-electron chi connectivity index (χ2n) is 5.40. The van der Waals surface area contributed by atoms with Gasteiger partial charge in [0.15, 0.2) is 6.29 Å². The Morgan fingerprint density at radius 1 is 1.13 bits per heavy atom. The summed E-state index contributed by atoms with van der Waals surface area (Å²) in [6.45, 7) is 2.72. The maximum absolute atomic E-state index is 11.4. The van der Waals surface area contributed by atoms with E-state index in [-0.39, 0.29) is 0 Å². The lowest BCUT2D eigenvalue weighted by atomic mass is 10.1. The van der Waals surface area contributed by atoms with Gasteiger partial charge < -0.3 is 4.74 Å². The normalized spacial score (nSPS) is 10.5. The van der Waals surface area contributed by atoms with E-state index in [1.165, 1.54) is 11.1 Å². The minimum Gasteiger partial charge on any atom is -0.497 e. The van der Waals surface area contributed by atoms with Gasteiger partial charge in [-0.2, -0.15) is 5.10 Å². The van der Waals surface area contributed by atoms with Gasteiger partial charge >= 0.3 is 0 Å². The Morgan fingerprint density at radius 2 is 1.87 bits per heavy atom. The highest BCUT2D eigenvalue weighted by Crippen LogP contribution is 2.24. The summed E-state index contributed by atoms with van der Waals surface area (Å²) in [5.74, 6) is 0.778. The van der Waals surface area contributed by atoms with Crippen LogP contribution in [0.1, 0.15) is 21.5 Å². The number of aldehydes is 1. The molecule has 0 radical (unpaired) electrons. The number of aryl methyl sites for hydroxylation is 1. The first-order valence-corrected chi connectivity index (χ1v) is 7.43. The van der Waals surface area contributed by atoms with Crippen LogP contribution in [0.5, 0.6) is 5.75 Å². The number of hydrogen-bond acceptors (Lipinski definition) is 3. The summed E-state index contributed by atoms with van der Waals surface area (Å²) in [6.07, 6.45) is 2.64. The van der Waals surface area contributed by atoms with Crippen molar-refractivity contribution in [1.82, 2.24) is 9.78 Å². The number of benzene rings is 2. The first-order valence-electron chi connectivity index (χ1n) is 7.43. The van der Waals surface area contributed by atoms with Crippen LogP contribution in [0, 0.1) is 6.92 Å². The van der Waals surface area contributed by atoms with Gasteiger partial charge in [0.2, 0.25) is 0 Å². The largest absolute Gasteiger partial charge is 0.497 e. The van der Waals surface area contributed by atoms with Crippen molar-refractivity contribution in [3.63, 3.8) is 0 Å². The van der Waals surface area contributed by atoms with Gasteiger partial charge in [-0.05, 0) is 42.3 Å². The van der Waals surface area contributed by atoms with E-state index in [0.717, 1.165) is 17.6 Å². The van der Waals surface area contributed by atoms with Crippen LogP contribution in [-0.4, -0.2) is 23.2 Å². The maximum Gasteiger partial charge on any atom is 0.153 e. The summed E-state index contributed by atoms with van der Waals surface area (Å²) in [5.41, 5.74) is 4.58. The molecular weight excluding hydrogens is 288 g/mol. The molecule has 2 aromatic carbocycles. The highest BCUT2D eigenvalue weighted by molar-refractivity contribution is 5.85. The highest BCUT2D eigenvalue weighted by atomic mass is 16.5. The van der Waals surface area contributed by atoms with Gasteiger partial charge in [-0.15, -0.1) is 0 Å². The third-order valence-electron chi connectivity index (χ3n) is 3.87. The number of rotatable bonds is 5. The Kier molecular flexibility index (Phi) is 4.24. The summed E-state index contributed by atoms with van der Waals surface area (Å²) in [4.78, 5) is 11.4. The molecule has 0 amide bonds. The lowest BCUT2D eigenvalue weighted by molar-refractivity contribution is 0.112. The molecular formula is C19H18N2O2. The van der Waals surface area contributed by atoms with Gasteiger partial charge in [0.05, 0.1) is 19.2 Å². The van der Waals surface area contributed by atoms with Gasteiger partial charge in [-0.3, -0.25) is 9.48 Å². The number of nitrogens with zero attached hydrogens (tertiary/aromatic N) is 2. The molecule has 0 aliphatic heterocycles. The van der Waals surface area contributed by atoms with Crippen molar-refractivity contribution in [2.24, 2.45) is 0 Å². The molecule has 0 unspecified atom stereocenters. The van der Waals surface area contributed by atoms with E-state index in [1.54, 1.807) is 13.3 Å². The predicted molar refractivity (Wildman–Crippen MR) is 89.9 cm³/mol. The summed E-state index contributed by atoms with van der Waals surface area (Å²) in [6, 6.07) is 15.7. The lowest BCUT2D eigenvalue weighted by Crippen LogP contribution is -2.02. The van der Waals surface area contributed by atoms with E-state index >= 15 is 0 Å². The Labute approximate surface area is 135 Å². The minimum atomic E-state index is 0.587. The molecule has 3 aromatic rings. The fourth-order valence-corrected chi connectivity index (χ4v) is 2.54. The first kappa shape index (κ1) is 15.0. The van der Waals surface area contributed by atoms with Crippen molar-refractivity contribution < 1.29 is 9.53 Å². The third kappa shape index (κ3) is 3.16. The summed E-state index contributed by atoms with van der Waals surface area (Å²) >= 11 is 0. The lowest BCUT2D eigenvalue weighted by Gasteiger charge is -2.05. The van der Waals surface area contributed by atoms with Crippen LogP contribution in [0.3, 0.4) is 0 Å². The fourth-order valence-electron chi connectivity index (χ4n) is 2.54. The second-order valence-corrected chi connectivity index (χ2v) is 5.40. The third-order valence-corrected chi connectivity index (χ3v) is 3.87. The first-order chi connectivity index (χ1) is 11.2. The maximum atomic E-state index is 11.4. The zero-order valence-electron chi connectivity index (χ0n) is 13.2. The summed E-state index contributed by atoms with van der Waals surface area (Å²) < 4.78 is 6.97. The number of aromatic nitrogens is 2. The topological polar surface area (TPSA) is 44.1 Å². The van der Waals surface area contributed by atoms with Crippen molar-refractivity contribution >= 4 is 6.29 Å². The van der Waals surface area contributed by atoms with Crippen LogP contribution in [0.15, 0.2) is 54.7 Å². The van der Waals surface area contributed by atoms with Gasteiger partial charge in [0.1, 0.15) is 11.4 Å². The zero-order chi connectivity index (χ0) is 16.2. The van der Waals surface area contributed by atoms with Crippen LogP contribution in [0.25, 0.3) is 11.3 Å². The molecule has 1 aromatic heterocycles. The molecule has 0 aliphatic carbocycles. The van der Waals surface area contributed by atoms with Gasteiger partial charge in [0.25, 0.3) is 0 Å². The van der Waals surface area contributed by atoms with Crippen LogP contribution in [0.2, 0.25) is 0 Å². The van der Waals surface area contributed by atoms with Crippen LogP contribution in [0.4, 0.5) is 0 Å². The van der Waals surface area contributed by atoms with E-state index < -0.39 is 0 Å². The molecule has 0 saturated carbocycles. The van der Waals surface area contributed by atoms with Crippen LogP contribution in [-0.2, 0) is 6.54 Å². The number of ether oxygens (including phenoxy) is 1. The Morgan fingerprint density at radius 3 is 2.52 bits per heavy atom. The standard InChI is InChI=1S/C19H18N2O2/c1-14-5-3-4-6-16(14)11-21-12-17(13-22)19(20-21)15-7-9-18(23-2)10-8-15/h3-10,12-13H,11H2,1-2H3. The van der Waals surface area contributed by atoms with Crippen molar-refractivity contribution in [3.8, 4) is 17.0 Å². The van der Waals surface area contributed by atoms with Crippen LogP contribution < -0.4 is 4.74 Å². The smallest absolute Gasteiger partial charge is 0.153 e. The number of carbonyl (C=O) groups is 1. The molecule has 3 rings (SSSR count). The molecule has 0 spiro atoms. The van der Waals surface area contributed by atoms with E-state index in [0.29, 0.717) is 17.8 Å². The molecule has 0 N–H and O–H groups in total. The quantitative estimate of drug-likeness (QED) is 0.675. The average molecular weight is 306 g/mol.